The van der Waals surface area contributed by atoms with E-state index in [2.05, 4.69) is 42.2 Å². The lowest BCUT2D eigenvalue weighted by Gasteiger charge is -2.09. The van der Waals surface area contributed by atoms with Gasteiger partial charge in [0.1, 0.15) is 11.6 Å². The van der Waals surface area contributed by atoms with Gasteiger partial charge in [0.25, 0.3) is 0 Å². The van der Waals surface area contributed by atoms with Gasteiger partial charge in [-0.3, -0.25) is 0 Å². The van der Waals surface area contributed by atoms with Crippen LogP contribution in [0.2, 0.25) is 0 Å². The van der Waals surface area contributed by atoms with Crippen LogP contribution < -0.4 is 10.5 Å². The van der Waals surface area contributed by atoms with Gasteiger partial charge in [-0.25, -0.2) is 0 Å². The molecule has 0 saturated carbocycles. The number of nitrogens with two attached hydrogens (primary N) is 1. The molecule has 0 aliphatic carbocycles. The summed E-state index contributed by atoms with van der Waals surface area (Å²) in [6.45, 7) is 5.27. The van der Waals surface area contributed by atoms with E-state index in [9.17, 15) is 0 Å². The van der Waals surface area contributed by atoms with Crippen LogP contribution in [0.5, 0.6) is 5.75 Å². The smallest absolute Gasteiger partial charge is 0.190 e. The van der Waals surface area contributed by atoms with Gasteiger partial charge >= 0.3 is 0 Å². The standard InChI is InChI=1S/C15H22N4OS/c1-11-5-6-12(2)13(9-11)20-7-4-8-21-15-18-17-14(10-16)19(15)3/h5-6,9H,4,7-8,10,16H2,1-3H3. The Morgan fingerprint density at radius 1 is 1.29 bits per heavy atom. The molecule has 2 N–H and O–H groups in total. The minimum Gasteiger partial charge on any atom is -0.493 e. The van der Waals surface area contributed by atoms with E-state index in [0.717, 1.165) is 28.9 Å². The van der Waals surface area contributed by atoms with Crippen molar-refractivity contribution in [2.45, 2.75) is 32.0 Å². The molecule has 0 atom stereocenters. The Kier molecular flexibility index (Phi) is 5.64. The summed E-state index contributed by atoms with van der Waals surface area (Å²) in [6.07, 6.45) is 0.961. The highest BCUT2D eigenvalue weighted by Gasteiger charge is 2.07. The Morgan fingerprint density at radius 2 is 2.10 bits per heavy atom. The number of hydrogen-bond donors (Lipinski definition) is 1. The van der Waals surface area contributed by atoms with Crippen LogP contribution in [0, 0.1) is 13.8 Å². The van der Waals surface area contributed by atoms with E-state index >= 15 is 0 Å². The van der Waals surface area contributed by atoms with E-state index in [0.29, 0.717) is 13.2 Å². The summed E-state index contributed by atoms with van der Waals surface area (Å²) in [6, 6.07) is 6.27. The SMILES string of the molecule is Cc1ccc(C)c(OCCCSc2nnc(CN)n2C)c1. The molecule has 0 radical (unpaired) electrons. The van der Waals surface area contributed by atoms with Crippen LogP contribution in [-0.2, 0) is 13.6 Å². The molecular weight excluding hydrogens is 284 g/mol. The van der Waals surface area contributed by atoms with E-state index in [1.165, 1.54) is 11.1 Å². The molecule has 21 heavy (non-hydrogen) atoms. The largest absolute Gasteiger partial charge is 0.493 e. The van der Waals surface area contributed by atoms with E-state index < -0.39 is 0 Å². The van der Waals surface area contributed by atoms with Gasteiger partial charge in [0, 0.05) is 12.8 Å². The Labute approximate surface area is 129 Å². The first-order valence-electron chi connectivity index (χ1n) is 7.03. The maximum atomic E-state index is 5.84. The minimum atomic E-state index is 0.416. The molecular formula is C15H22N4OS. The number of aryl methyl sites for hydroxylation is 2. The molecule has 5 nitrogen and oxygen atoms in total. The molecule has 114 valence electrons. The van der Waals surface area contributed by atoms with Crippen molar-refractivity contribution in [3.8, 4) is 5.75 Å². The van der Waals surface area contributed by atoms with Crippen LogP contribution in [-0.4, -0.2) is 27.1 Å². The predicted octanol–water partition coefficient (Wildman–Crippen LogP) is 2.45. The van der Waals surface area contributed by atoms with Gasteiger partial charge in [-0.1, -0.05) is 23.9 Å². The number of benzene rings is 1. The zero-order valence-electron chi connectivity index (χ0n) is 12.8. The third-order valence-electron chi connectivity index (χ3n) is 3.23. The second-order valence-electron chi connectivity index (χ2n) is 4.98. The first-order chi connectivity index (χ1) is 10.1. The van der Waals surface area contributed by atoms with Crippen molar-refractivity contribution in [1.29, 1.82) is 0 Å². The monoisotopic (exact) mass is 306 g/mol. The van der Waals surface area contributed by atoms with Crippen LogP contribution in [0.3, 0.4) is 0 Å². The zero-order valence-corrected chi connectivity index (χ0v) is 13.6. The van der Waals surface area contributed by atoms with Crippen molar-refractivity contribution in [1.82, 2.24) is 14.8 Å². The molecule has 1 heterocycles. The Hall–Kier alpha value is -1.53. The molecule has 6 heteroatoms. The predicted molar refractivity (Wildman–Crippen MR) is 85.6 cm³/mol. The minimum absolute atomic E-state index is 0.416. The number of rotatable bonds is 7. The van der Waals surface area contributed by atoms with Crippen LogP contribution in [0.25, 0.3) is 0 Å². The van der Waals surface area contributed by atoms with Crippen molar-refractivity contribution >= 4 is 11.8 Å². The maximum absolute atomic E-state index is 5.84. The summed E-state index contributed by atoms with van der Waals surface area (Å²) in [5.74, 6) is 2.73. The van der Waals surface area contributed by atoms with Gasteiger partial charge in [0.2, 0.25) is 0 Å². The van der Waals surface area contributed by atoms with Gasteiger partial charge in [-0.2, -0.15) is 0 Å². The molecule has 0 aliphatic rings. The fourth-order valence-electron chi connectivity index (χ4n) is 1.92. The zero-order chi connectivity index (χ0) is 15.2. The number of nitrogens with zero attached hydrogens (tertiary/aromatic N) is 3. The Bertz CT molecular complexity index is 597. The molecule has 0 spiro atoms. The van der Waals surface area contributed by atoms with Crippen molar-refractivity contribution in [2.24, 2.45) is 12.8 Å². The summed E-state index contributed by atoms with van der Waals surface area (Å²) in [4.78, 5) is 0. The fraction of sp³-hybridized carbons (Fsp3) is 0.467. The highest BCUT2D eigenvalue weighted by atomic mass is 32.2. The van der Waals surface area contributed by atoms with E-state index in [4.69, 9.17) is 10.5 Å². The first-order valence-corrected chi connectivity index (χ1v) is 8.01. The number of aromatic nitrogens is 3. The fourth-order valence-corrected chi connectivity index (χ4v) is 2.76. The third-order valence-corrected chi connectivity index (χ3v) is 4.34. The molecule has 0 amide bonds. The van der Waals surface area contributed by atoms with Gasteiger partial charge in [0.15, 0.2) is 5.16 Å². The summed E-state index contributed by atoms with van der Waals surface area (Å²) in [5, 5.41) is 9.07. The molecule has 0 aliphatic heterocycles. The Balaban J connectivity index is 1.75. The molecule has 2 rings (SSSR count). The number of ether oxygens (including phenoxy) is 1. The van der Waals surface area contributed by atoms with Crippen molar-refractivity contribution in [2.75, 3.05) is 12.4 Å². The van der Waals surface area contributed by atoms with Gasteiger partial charge in [-0.15, -0.1) is 10.2 Å². The lowest BCUT2D eigenvalue weighted by Crippen LogP contribution is -2.05. The molecule has 1 aromatic carbocycles. The van der Waals surface area contributed by atoms with Crippen LogP contribution in [0.1, 0.15) is 23.4 Å². The maximum Gasteiger partial charge on any atom is 0.190 e. The number of thioether (sulfide) groups is 1. The highest BCUT2D eigenvalue weighted by molar-refractivity contribution is 7.99. The summed E-state index contributed by atoms with van der Waals surface area (Å²) < 4.78 is 7.78. The number of hydrogen-bond acceptors (Lipinski definition) is 5. The van der Waals surface area contributed by atoms with Crippen molar-refractivity contribution in [3.63, 3.8) is 0 Å². The molecule has 0 fully saturated rings. The van der Waals surface area contributed by atoms with Gasteiger partial charge < -0.3 is 15.0 Å². The van der Waals surface area contributed by atoms with Crippen LogP contribution in [0.15, 0.2) is 23.4 Å². The molecule has 1 aromatic heterocycles. The summed E-state index contributed by atoms with van der Waals surface area (Å²) in [7, 11) is 1.94. The average molecular weight is 306 g/mol. The van der Waals surface area contributed by atoms with Gasteiger partial charge in [-0.05, 0) is 37.5 Å². The van der Waals surface area contributed by atoms with E-state index in [1.807, 2.05) is 11.6 Å². The topological polar surface area (TPSA) is 66.0 Å². The molecule has 0 unspecified atom stereocenters. The third kappa shape index (κ3) is 4.22. The lowest BCUT2D eigenvalue weighted by atomic mass is 10.1. The summed E-state index contributed by atoms with van der Waals surface area (Å²) in [5.41, 5.74) is 7.97. The highest BCUT2D eigenvalue weighted by Crippen LogP contribution is 2.20. The molecule has 0 saturated heterocycles. The normalized spacial score (nSPS) is 10.9. The summed E-state index contributed by atoms with van der Waals surface area (Å²) >= 11 is 1.68. The second kappa shape index (κ2) is 7.47. The second-order valence-corrected chi connectivity index (χ2v) is 6.04. The van der Waals surface area contributed by atoms with Crippen LogP contribution >= 0.6 is 11.8 Å². The first kappa shape index (κ1) is 15.9. The quantitative estimate of drug-likeness (QED) is 0.629. The van der Waals surface area contributed by atoms with Crippen molar-refractivity contribution < 1.29 is 4.74 Å². The molecule has 0 bridgehead atoms. The van der Waals surface area contributed by atoms with E-state index in [-0.39, 0.29) is 0 Å². The molecule has 2 aromatic rings. The van der Waals surface area contributed by atoms with Gasteiger partial charge in [0.05, 0.1) is 13.2 Å². The average Bonchev–Trinajstić information content (AvgIpc) is 2.83. The van der Waals surface area contributed by atoms with Crippen molar-refractivity contribution in [3.05, 3.63) is 35.2 Å². The lowest BCUT2D eigenvalue weighted by molar-refractivity contribution is 0.316. The van der Waals surface area contributed by atoms with Crippen LogP contribution in [0.4, 0.5) is 0 Å². The Morgan fingerprint density at radius 3 is 2.81 bits per heavy atom. The van der Waals surface area contributed by atoms with E-state index in [1.54, 1.807) is 11.8 Å².